The molecule has 1 N–H and O–H groups in total. The highest BCUT2D eigenvalue weighted by atomic mass is 32.2. The molecule has 0 aliphatic rings. The summed E-state index contributed by atoms with van der Waals surface area (Å²) in [5.41, 5.74) is 2.45. The van der Waals surface area contributed by atoms with Gasteiger partial charge in [-0.2, -0.15) is 0 Å². The van der Waals surface area contributed by atoms with Crippen molar-refractivity contribution in [1.29, 1.82) is 0 Å². The molecule has 0 aliphatic heterocycles. The van der Waals surface area contributed by atoms with Crippen molar-refractivity contribution in [3.8, 4) is 5.75 Å². The van der Waals surface area contributed by atoms with Gasteiger partial charge >= 0.3 is 0 Å². The Hall–Kier alpha value is -3.32. The molecule has 0 fully saturated rings. The molecule has 0 spiro atoms. The molecule has 1 amide bonds. The number of sulfonamides is 1. The number of nitrogens with zero attached hydrogens (tertiary/aromatic N) is 1. The third kappa shape index (κ3) is 5.61. The van der Waals surface area contributed by atoms with Crippen molar-refractivity contribution in [3.05, 3.63) is 90.0 Å². The van der Waals surface area contributed by atoms with Crippen LogP contribution in [0.1, 0.15) is 22.8 Å². The number of amides is 1. The average Bonchev–Trinajstić information content (AvgIpc) is 2.74. The van der Waals surface area contributed by atoms with Crippen LogP contribution >= 0.6 is 0 Å². The standard InChI is InChI=1S/C23H24N2O4S/c1-3-29-22-15-11-20(12-16-22)24-23(26)19-9-13-21(14-10-19)25(30(2,27)28)17-18-7-5-4-6-8-18/h4-16H,3,17H2,1-2H3,(H,24,26). The lowest BCUT2D eigenvalue weighted by Gasteiger charge is -2.22. The Morgan fingerprint density at radius 1 is 0.933 bits per heavy atom. The minimum Gasteiger partial charge on any atom is -0.494 e. The van der Waals surface area contributed by atoms with E-state index in [4.69, 9.17) is 4.74 Å². The van der Waals surface area contributed by atoms with Crippen LogP contribution in [0.5, 0.6) is 5.75 Å². The van der Waals surface area contributed by atoms with Crippen LogP contribution in [0, 0.1) is 0 Å². The van der Waals surface area contributed by atoms with Crippen molar-refractivity contribution in [2.45, 2.75) is 13.5 Å². The Bertz CT molecular complexity index is 1080. The van der Waals surface area contributed by atoms with Gasteiger partial charge in [-0.15, -0.1) is 0 Å². The first-order valence-corrected chi connectivity index (χ1v) is 11.4. The number of carbonyl (C=O) groups is 1. The molecule has 0 heterocycles. The first-order chi connectivity index (χ1) is 14.4. The van der Waals surface area contributed by atoms with E-state index in [1.165, 1.54) is 10.6 Å². The monoisotopic (exact) mass is 424 g/mol. The van der Waals surface area contributed by atoms with E-state index >= 15 is 0 Å². The summed E-state index contributed by atoms with van der Waals surface area (Å²) in [6, 6.07) is 23.0. The van der Waals surface area contributed by atoms with Crippen LogP contribution in [0.15, 0.2) is 78.9 Å². The molecule has 0 atom stereocenters. The predicted octanol–water partition coefficient (Wildman–Crippen LogP) is 4.30. The highest BCUT2D eigenvalue weighted by Crippen LogP contribution is 2.22. The first-order valence-electron chi connectivity index (χ1n) is 9.52. The molecule has 0 unspecified atom stereocenters. The molecule has 3 rings (SSSR count). The molecule has 156 valence electrons. The second-order valence-corrected chi connectivity index (χ2v) is 8.62. The van der Waals surface area contributed by atoms with Gasteiger partial charge in [0.25, 0.3) is 5.91 Å². The van der Waals surface area contributed by atoms with E-state index in [1.54, 1.807) is 48.5 Å². The lowest BCUT2D eigenvalue weighted by Crippen LogP contribution is -2.29. The zero-order valence-corrected chi connectivity index (χ0v) is 17.7. The lowest BCUT2D eigenvalue weighted by molar-refractivity contribution is 0.102. The van der Waals surface area contributed by atoms with Gasteiger partial charge < -0.3 is 10.1 Å². The summed E-state index contributed by atoms with van der Waals surface area (Å²) < 4.78 is 31.3. The molecule has 0 saturated heterocycles. The Kier molecular flexibility index (Phi) is 6.74. The largest absolute Gasteiger partial charge is 0.494 e. The predicted molar refractivity (Wildman–Crippen MR) is 119 cm³/mol. The number of hydrogen-bond acceptors (Lipinski definition) is 4. The fraction of sp³-hybridized carbons (Fsp3) is 0.174. The SMILES string of the molecule is CCOc1ccc(NC(=O)c2ccc(N(Cc3ccccc3)S(C)(=O)=O)cc2)cc1. The van der Waals surface area contributed by atoms with E-state index in [-0.39, 0.29) is 12.5 Å². The molecule has 0 bridgehead atoms. The van der Waals surface area contributed by atoms with E-state index < -0.39 is 10.0 Å². The number of anilines is 2. The molecule has 0 aliphatic carbocycles. The Balaban J connectivity index is 1.74. The second-order valence-electron chi connectivity index (χ2n) is 6.71. The van der Waals surface area contributed by atoms with E-state index in [0.717, 1.165) is 11.3 Å². The van der Waals surface area contributed by atoms with Crippen molar-refractivity contribution >= 4 is 27.3 Å². The quantitative estimate of drug-likeness (QED) is 0.585. The van der Waals surface area contributed by atoms with Gasteiger partial charge in [0.2, 0.25) is 10.0 Å². The van der Waals surface area contributed by atoms with Crippen LogP contribution in [-0.2, 0) is 16.6 Å². The summed E-state index contributed by atoms with van der Waals surface area (Å²) in [6.07, 6.45) is 1.17. The van der Waals surface area contributed by atoms with Gasteiger partial charge in [-0.1, -0.05) is 30.3 Å². The van der Waals surface area contributed by atoms with Gasteiger partial charge in [0.1, 0.15) is 5.75 Å². The molecule has 0 aromatic heterocycles. The Morgan fingerprint density at radius 2 is 1.57 bits per heavy atom. The number of ether oxygens (including phenoxy) is 1. The summed E-state index contributed by atoms with van der Waals surface area (Å²) >= 11 is 0. The van der Waals surface area contributed by atoms with Gasteiger partial charge in [0, 0.05) is 11.3 Å². The number of hydrogen-bond donors (Lipinski definition) is 1. The van der Waals surface area contributed by atoms with E-state index in [2.05, 4.69) is 5.32 Å². The normalized spacial score (nSPS) is 11.0. The van der Waals surface area contributed by atoms with Gasteiger partial charge in [-0.05, 0) is 61.0 Å². The molecule has 7 heteroatoms. The minimum atomic E-state index is -3.49. The fourth-order valence-electron chi connectivity index (χ4n) is 2.93. The van der Waals surface area contributed by atoms with Crippen LogP contribution in [0.3, 0.4) is 0 Å². The Morgan fingerprint density at radius 3 is 2.13 bits per heavy atom. The average molecular weight is 425 g/mol. The zero-order chi connectivity index (χ0) is 21.6. The van der Waals surface area contributed by atoms with Gasteiger partial charge in [0.05, 0.1) is 25.1 Å². The topological polar surface area (TPSA) is 75.7 Å². The third-order valence-corrected chi connectivity index (χ3v) is 5.55. The Labute approximate surface area is 177 Å². The fourth-order valence-corrected chi connectivity index (χ4v) is 3.82. The third-order valence-electron chi connectivity index (χ3n) is 4.41. The van der Waals surface area contributed by atoms with Gasteiger partial charge in [-0.25, -0.2) is 8.42 Å². The minimum absolute atomic E-state index is 0.220. The van der Waals surface area contributed by atoms with E-state index in [0.29, 0.717) is 23.5 Å². The smallest absolute Gasteiger partial charge is 0.255 e. The summed E-state index contributed by atoms with van der Waals surface area (Å²) in [7, 11) is -3.49. The highest BCUT2D eigenvalue weighted by Gasteiger charge is 2.18. The van der Waals surface area contributed by atoms with Gasteiger partial charge in [-0.3, -0.25) is 9.10 Å². The molecule has 3 aromatic carbocycles. The molecule has 30 heavy (non-hydrogen) atoms. The molecule has 0 saturated carbocycles. The number of nitrogens with one attached hydrogen (secondary N) is 1. The van der Waals surface area contributed by atoms with Crippen LogP contribution in [0.25, 0.3) is 0 Å². The number of rotatable bonds is 8. The van der Waals surface area contributed by atoms with Crippen LogP contribution < -0.4 is 14.4 Å². The maximum atomic E-state index is 12.5. The highest BCUT2D eigenvalue weighted by molar-refractivity contribution is 7.92. The number of benzene rings is 3. The van der Waals surface area contributed by atoms with Crippen molar-refractivity contribution in [1.82, 2.24) is 0 Å². The molecule has 6 nitrogen and oxygen atoms in total. The zero-order valence-electron chi connectivity index (χ0n) is 16.9. The van der Waals surface area contributed by atoms with E-state index in [9.17, 15) is 13.2 Å². The molecular weight excluding hydrogens is 400 g/mol. The maximum absolute atomic E-state index is 12.5. The van der Waals surface area contributed by atoms with Crippen LogP contribution in [0.4, 0.5) is 11.4 Å². The van der Waals surface area contributed by atoms with Crippen molar-refractivity contribution in [2.24, 2.45) is 0 Å². The van der Waals surface area contributed by atoms with Crippen molar-refractivity contribution in [2.75, 3.05) is 22.5 Å². The van der Waals surface area contributed by atoms with Crippen molar-refractivity contribution in [3.63, 3.8) is 0 Å². The molecule has 3 aromatic rings. The summed E-state index contributed by atoms with van der Waals surface area (Å²) in [4.78, 5) is 12.5. The molecule has 0 radical (unpaired) electrons. The van der Waals surface area contributed by atoms with Gasteiger partial charge in [0.15, 0.2) is 0 Å². The first kappa shape index (κ1) is 21.4. The lowest BCUT2D eigenvalue weighted by atomic mass is 10.1. The van der Waals surface area contributed by atoms with Crippen molar-refractivity contribution < 1.29 is 17.9 Å². The second kappa shape index (κ2) is 9.45. The molecular formula is C23H24N2O4S. The van der Waals surface area contributed by atoms with E-state index in [1.807, 2.05) is 37.3 Å². The van der Waals surface area contributed by atoms with Crippen LogP contribution in [-0.4, -0.2) is 27.2 Å². The van der Waals surface area contributed by atoms with Crippen LogP contribution in [0.2, 0.25) is 0 Å². The maximum Gasteiger partial charge on any atom is 0.255 e. The summed E-state index contributed by atoms with van der Waals surface area (Å²) in [6.45, 7) is 2.70. The summed E-state index contributed by atoms with van der Waals surface area (Å²) in [5.74, 6) is 0.457. The number of carbonyl (C=O) groups excluding carboxylic acids is 1. The summed E-state index contributed by atoms with van der Waals surface area (Å²) in [5, 5.41) is 2.82.